The second-order valence-electron chi connectivity index (χ2n) is 7.35. The number of aryl methyl sites for hydroxylation is 4. The molecule has 1 unspecified atom stereocenters. The van der Waals surface area contributed by atoms with Gasteiger partial charge in [0.1, 0.15) is 0 Å². The van der Waals surface area contributed by atoms with E-state index in [1.165, 1.54) is 39.0 Å². The van der Waals surface area contributed by atoms with Crippen molar-refractivity contribution in [2.24, 2.45) is 0 Å². The van der Waals surface area contributed by atoms with Crippen LogP contribution in [0.1, 0.15) is 46.2 Å². The molecular weight excluding hydrogens is 430 g/mol. The zero-order valence-electron chi connectivity index (χ0n) is 16.4. The van der Waals surface area contributed by atoms with Crippen LogP contribution in [0.2, 0.25) is 3.72 Å². The fraction of sp³-hybridized carbons (Fsp3) is 0.304. The third-order valence-electron chi connectivity index (χ3n) is 4.97. The van der Waals surface area contributed by atoms with Crippen molar-refractivity contribution in [2.75, 3.05) is 0 Å². The molecule has 0 N–H and O–H groups in total. The molecule has 4 heteroatoms. The van der Waals surface area contributed by atoms with Gasteiger partial charge in [-0.05, 0) is 0 Å². The zero-order chi connectivity index (χ0) is 17.5. The van der Waals surface area contributed by atoms with Crippen molar-refractivity contribution in [1.82, 2.24) is 0 Å². The molecule has 27 heavy (non-hydrogen) atoms. The Bertz CT molecular complexity index is 763. The maximum Gasteiger partial charge on any atom is -1.00 e. The summed E-state index contributed by atoms with van der Waals surface area (Å²) in [7, 11) is 0. The molecular formula is C23H25Cl3Ti. The molecule has 1 aliphatic rings. The SMILES string of the molecule is CC1=CC=C[C]1([Ti+3])C(c1cc(C)cc(C)c1)c1cc(C)cc(C)c1.[Cl-].[Cl-].[Cl-]. The number of hydrogen-bond acceptors (Lipinski definition) is 0. The minimum Gasteiger partial charge on any atom is -1.00 e. The number of hydrogen-bond donors (Lipinski definition) is 0. The van der Waals surface area contributed by atoms with E-state index in [4.69, 9.17) is 0 Å². The molecule has 3 rings (SSSR count). The van der Waals surface area contributed by atoms with Gasteiger partial charge >= 0.3 is 158 Å². The topological polar surface area (TPSA) is 0 Å². The van der Waals surface area contributed by atoms with Gasteiger partial charge in [0.05, 0.1) is 0 Å². The van der Waals surface area contributed by atoms with Crippen LogP contribution in [0.4, 0.5) is 0 Å². The van der Waals surface area contributed by atoms with Crippen molar-refractivity contribution in [1.29, 1.82) is 0 Å². The van der Waals surface area contributed by atoms with Crippen LogP contribution in [0.25, 0.3) is 0 Å². The maximum atomic E-state index is 2.38. The molecule has 0 amide bonds. The maximum absolute atomic E-state index is 2.38. The van der Waals surface area contributed by atoms with Crippen molar-refractivity contribution >= 4 is 0 Å². The first-order valence-corrected chi connectivity index (χ1v) is 9.35. The number of benzene rings is 2. The minimum absolute atomic E-state index is 0. The Hall–Kier alpha value is -0.496. The summed E-state index contributed by atoms with van der Waals surface area (Å²) in [5, 5.41) is 0. The summed E-state index contributed by atoms with van der Waals surface area (Å²) in [4.78, 5) is 0. The first kappa shape index (κ1) is 26.5. The van der Waals surface area contributed by atoms with Crippen molar-refractivity contribution in [2.45, 2.75) is 44.3 Å². The number of halogens is 3. The van der Waals surface area contributed by atoms with Crippen LogP contribution in [0.5, 0.6) is 0 Å². The van der Waals surface area contributed by atoms with Gasteiger partial charge in [-0.3, -0.25) is 0 Å². The predicted octanol–water partition coefficient (Wildman–Crippen LogP) is -2.71. The molecule has 1 atom stereocenters. The van der Waals surface area contributed by atoms with Crippen LogP contribution in [0.15, 0.2) is 60.2 Å². The van der Waals surface area contributed by atoms with E-state index in [9.17, 15) is 0 Å². The van der Waals surface area contributed by atoms with E-state index in [2.05, 4.69) is 110 Å². The van der Waals surface area contributed by atoms with Gasteiger partial charge in [0.25, 0.3) is 0 Å². The summed E-state index contributed by atoms with van der Waals surface area (Å²) in [6.07, 6.45) is 6.86. The fourth-order valence-corrected chi connectivity index (χ4v) is 4.81. The van der Waals surface area contributed by atoms with E-state index < -0.39 is 0 Å². The minimum atomic E-state index is 0. The molecule has 142 valence electrons. The number of allylic oxidation sites excluding steroid dienone is 4. The summed E-state index contributed by atoms with van der Waals surface area (Å²) in [6, 6.07) is 14.0. The molecule has 0 aliphatic heterocycles. The van der Waals surface area contributed by atoms with Crippen LogP contribution in [0, 0.1) is 27.7 Å². The monoisotopic (exact) mass is 454 g/mol. The quantitative estimate of drug-likeness (QED) is 0.442. The molecule has 1 aliphatic carbocycles. The Labute approximate surface area is 194 Å². The Balaban J connectivity index is 0.00000225. The first-order valence-electron chi connectivity index (χ1n) is 8.57. The molecule has 0 heterocycles. The van der Waals surface area contributed by atoms with Gasteiger partial charge in [0.15, 0.2) is 0 Å². The Morgan fingerprint density at radius 3 is 1.33 bits per heavy atom. The number of rotatable bonds is 3. The van der Waals surface area contributed by atoms with Gasteiger partial charge in [-0.25, -0.2) is 0 Å². The molecule has 2 aromatic carbocycles. The van der Waals surface area contributed by atoms with Gasteiger partial charge in [-0.1, -0.05) is 0 Å². The molecule has 2 aromatic rings. The summed E-state index contributed by atoms with van der Waals surface area (Å²) in [5.74, 6) is 0.338. The molecule has 0 radical (unpaired) electrons. The van der Waals surface area contributed by atoms with Crippen LogP contribution >= 0.6 is 0 Å². The standard InChI is InChI=1S/C23H25.3ClH.Ti/c1-15-9-16(2)12-20(11-15)23(22-8-6-7-19(22)5)21-13-17(3)10-18(4)14-21;;;;/h6-14,23H,1-5H3;3*1H;/q;;;;+3/p-3. The molecule has 0 saturated carbocycles. The zero-order valence-corrected chi connectivity index (χ0v) is 20.2. The second kappa shape index (κ2) is 10.3. The van der Waals surface area contributed by atoms with E-state index in [0.717, 1.165) is 0 Å². The molecule has 0 nitrogen and oxygen atoms in total. The second-order valence-corrected chi connectivity index (χ2v) is 8.64. The molecule has 0 bridgehead atoms. The van der Waals surface area contributed by atoms with E-state index in [-0.39, 0.29) is 40.9 Å². The molecule has 0 aromatic heterocycles. The van der Waals surface area contributed by atoms with Gasteiger partial charge in [-0.2, -0.15) is 0 Å². The molecule has 0 spiro atoms. The van der Waals surface area contributed by atoms with Crippen LogP contribution in [-0.2, 0) is 20.4 Å². The van der Waals surface area contributed by atoms with Crippen molar-refractivity contribution in [3.63, 3.8) is 0 Å². The first-order chi connectivity index (χ1) is 11.3. The summed E-state index contributed by atoms with van der Waals surface area (Å²) < 4.78 is 0.0282. The summed E-state index contributed by atoms with van der Waals surface area (Å²) in [6.45, 7) is 11.1. The molecule has 0 saturated heterocycles. The smallest absolute Gasteiger partial charge is 1.00 e. The van der Waals surface area contributed by atoms with E-state index in [1.54, 1.807) is 0 Å². The Morgan fingerprint density at radius 1 is 0.667 bits per heavy atom. The van der Waals surface area contributed by atoms with Crippen LogP contribution in [0.3, 0.4) is 0 Å². The normalized spacial score (nSPS) is 17.7. The Kier molecular flexibility index (Phi) is 10.1. The van der Waals surface area contributed by atoms with E-state index in [0.29, 0.717) is 5.92 Å². The summed E-state index contributed by atoms with van der Waals surface area (Å²) >= 11 is 2.38. The Morgan fingerprint density at radius 2 is 1.04 bits per heavy atom. The third-order valence-corrected chi connectivity index (χ3v) is 6.29. The fourth-order valence-electron chi connectivity index (χ4n) is 4.01. The van der Waals surface area contributed by atoms with Crippen molar-refractivity contribution in [3.05, 3.63) is 93.6 Å². The van der Waals surface area contributed by atoms with Crippen molar-refractivity contribution < 1.29 is 57.7 Å². The average molecular weight is 456 g/mol. The van der Waals surface area contributed by atoms with Crippen molar-refractivity contribution in [3.8, 4) is 0 Å². The van der Waals surface area contributed by atoms with Crippen LogP contribution < -0.4 is 37.2 Å². The van der Waals surface area contributed by atoms with Gasteiger partial charge < -0.3 is 37.2 Å². The predicted molar refractivity (Wildman–Crippen MR) is 99.3 cm³/mol. The van der Waals surface area contributed by atoms with Gasteiger partial charge in [0, 0.05) is 0 Å². The van der Waals surface area contributed by atoms with Crippen LogP contribution in [-0.4, -0.2) is 0 Å². The van der Waals surface area contributed by atoms with Gasteiger partial charge in [0.2, 0.25) is 0 Å². The third kappa shape index (κ3) is 5.52. The molecule has 0 fully saturated rings. The van der Waals surface area contributed by atoms with Gasteiger partial charge in [-0.15, -0.1) is 0 Å². The average Bonchev–Trinajstić information content (AvgIpc) is 2.77. The largest absolute Gasteiger partial charge is 1.00 e. The van der Waals surface area contributed by atoms with E-state index in [1.807, 2.05) is 0 Å². The van der Waals surface area contributed by atoms with E-state index >= 15 is 0 Å². The summed E-state index contributed by atoms with van der Waals surface area (Å²) in [5.41, 5.74) is 9.63.